The van der Waals surface area contributed by atoms with Crippen LogP contribution in [0.1, 0.15) is 5.56 Å². The van der Waals surface area contributed by atoms with Gasteiger partial charge in [-0.25, -0.2) is 13.2 Å². The summed E-state index contributed by atoms with van der Waals surface area (Å²) < 4.78 is 41.4. The molecule has 2 N–H and O–H groups in total. The number of halogens is 3. The molecule has 0 saturated heterocycles. The number of hydrogen-bond acceptors (Lipinski definition) is 3. The minimum absolute atomic E-state index is 0.0322. The fourth-order valence-corrected chi connectivity index (χ4v) is 2.44. The number of rotatable bonds is 5. The Morgan fingerprint density at radius 3 is 2.46 bits per heavy atom. The molecule has 1 aromatic heterocycles. The molecule has 3 rings (SSSR count). The standard InChI is InChI=1S/C17H15F3N4/c18-14-8-16(20)15(19)7-12(14)6-13(21)9-24-10-17(22-23-24)11-4-2-1-3-5-11/h1-5,7-8,10,13H,6,9,21H2/t13-/m1/s1. The maximum absolute atomic E-state index is 13.7. The van der Waals surface area contributed by atoms with Crippen LogP contribution in [-0.2, 0) is 13.0 Å². The second-order valence-corrected chi connectivity index (χ2v) is 5.51. The van der Waals surface area contributed by atoms with E-state index in [4.69, 9.17) is 5.73 Å². The zero-order valence-electron chi connectivity index (χ0n) is 12.7. The van der Waals surface area contributed by atoms with Gasteiger partial charge in [0, 0.05) is 17.7 Å². The van der Waals surface area contributed by atoms with Crippen LogP contribution in [-0.4, -0.2) is 21.0 Å². The van der Waals surface area contributed by atoms with Crippen molar-refractivity contribution in [2.45, 2.75) is 19.0 Å². The predicted molar refractivity (Wildman–Crippen MR) is 83.5 cm³/mol. The van der Waals surface area contributed by atoms with Crippen LogP contribution in [0.4, 0.5) is 13.2 Å². The largest absolute Gasteiger partial charge is 0.326 e. The molecule has 24 heavy (non-hydrogen) atoms. The van der Waals surface area contributed by atoms with Gasteiger partial charge in [0.05, 0.1) is 12.7 Å². The van der Waals surface area contributed by atoms with E-state index in [9.17, 15) is 13.2 Å². The fourth-order valence-electron chi connectivity index (χ4n) is 2.44. The summed E-state index contributed by atoms with van der Waals surface area (Å²) in [6.07, 6.45) is 1.79. The van der Waals surface area contributed by atoms with Crippen molar-refractivity contribution in [2.24, 2.45) is 5.73 Å². The first kappa shape index (κ1) is 16.2. The summed E-state index contributed by atoms with van der Waals surface area (Å²) in [6.45, 7) is 0.276. The zero-order chi connectivity index (χ0) is 17.1. The molecule has 0 radical (unpaired) electrons. The minimum Gasteiger partial charge on any atom is -0.326 e. The third kappa shape index (κ3) is 3.62. The molecule has 2 aromatic carbocycles. The highest BCUT2D eigenvalue weighted by atomic mass is 19.2. The van der Waals surface area contributed by atoms with Gasteiger partial charge in [-0.15, -0.1) is 5.10 Å². The molecular formula is C17H15F3N4. The van der Waals surface area contributed by atoms with E-state index < -0.39 is 23.5 Å². The average Bonchev–Trinajstić information content (AvgIpc) is 3.02. The van der Waals surface area contributed by atoms with Crippen LogP contribution in [0.25, 0.3) is 11.3 Å². The normalized spacial score (nSPS) is 12.3. The first-order valence-corrected chi connectivity index (χ1v) is 7.37. The van der Waals surface area contributed by atoms with Crippen LogP contribution < -0.4 is 5.73 Å². The van der Waals surface area contributed by atoms with Crippen molar-refractivity contribution in [2.75, 3.05) is 0 Å². The number of nitrogens with zero attached hydrogens (tertiary/aromatic N) is 3. The number of benzene rings is 2. The lowest BCUT2D eigenvalue weighted by molar-refractivity contribution is 0.470. The van der Waals surface area contributed by atoms with E-state index >= 15 is 0 Å². The van der Waals surface area contributed by atoms with Crippen LogP contribution in [0.15, 0.2) is 48.7 Å². The van der Waals surface area contributed by atoms with Crippen LogP contribution in [0.5, 0.6) is 0 Å². The summed E-state index contributed by atoms with van der Waals surface area (Å²) in [5, 5.41) is 8.05. The monoisotopic (exact) mass is 332 g/mol. The third-order valence-electron chi connectivity index (χ3n) is 3.60. The van der Waals surface area contributed by atoms with E-state index in [1.165, 1.54) is 0 Å². The van der Waals surface area contributed by atoms with Gasteiger partial charge in [-0.2, -0.15) is 0 Å². The van der Waals surface area contributed by atoms with E-state index in [1.807, 2.05) is 30.3 Å². The van der Waals surface area contributed by atoms with Crippen molar-refractivity contribution >= 4 is 0 Å². The van der Waals surface area contributed by atoms with Crippen molar-refractivity contribution < 1.29 is 13.2 Å². The highest BCUT2D eigenvalue weighted by Crippen LogP contribution is 2.17. The van der Waals surface area contributed by atoms with Gasteiger partial charge in [0.1, 0.15) is 11.5 Å². The van der Waals surface area contributed by atoms with E-state index in [2.05, 4.69) is 10.3 Å². The van der Waals surface area contributed by atoms with Crippen LogP contribution >= 0.6 is 0 Å². The van der Waals surface area contributed by atoms with Crippen molar-refractivity contribution in [3.8, 4) is 11.3 Å². The van der Waals surface area contributed by atoms with Gasteiger partial charge in [-0.05, 0) is 18.1 Å². The Labute approximate surface area is 136 Å². The van der Waals surface area contributed by atoms with Gasteiger partial charge in [0.25, 0.3) is 0 Å². The van der Waals surface area contributed by atoms with Gasteiger partial charge in [0.15, 0.2) is 11.6 Å². The summed E-state index contributed by atoms with van der Waals surface area (Å²) >= 11 is 0. The second-order valence-electron chi connectivity index (χ2n) is 5.51. The first-order valence-electron chi connectivity index (χ1n) is 7.37. The van der Waals surface area contributed by atoms with E-state index in [-0.39, 0.29) is 18.5 Å². The van der Waals surface area contributed by atoms with Gasteiger partial charge in [-0.3, -0.25) is 4.68 Å². The van der Waals surface area contributed by atoms with Gasteiger partial charge in [-0.1, -0.05) is 35.5 Å². The smallest absolute Gasteiger partial charge is 0.161 e. The summed E-state index contributed by atoms with van der Waals surface area (Å²) in [5.41, 5.74) is 7.62. The Hall–Kier alpha value is -2.67. The van der Waals surface area contributed by atoms with Crippen molar-refractivity contribution in [1.82, 2.24) is 15.0 Å². The lowest BCUT2D eigenvalue weighted by atomic mass is 10.1. The molecule has 0 amide bonds. The summed E-state index contributed by atoms with van der Waals surface area (Å²) in [7, 11) is 0. The van der Waals surface area contributed by atoms with Gasteiger partial charge < -0.3 is 5.73 Å². The molecule has 0 aliphatic carbocycles. The summed E-state index contributed by atoms with van der Waals surface area (Å²) in [6, 6.07) is 10.4. The van der Waals surface area contributed by atoms with E-state index in [0.717, 1.165) is 11.6 Å². The molecule has 0 aliphatic heterocycles. The molecule has 0 unspecified atom stereocenters. The minimum atomic E-state index is -1.21. The number of aromatic nitrogens is 3. The number of hydrogen-bond donors (Lipinski definition) is 1. The van der Waals surface area contributed by atoms with Crippen LogP contribution in [0.3, 0.4) is 0 Å². The SMILES string of the molecule is N[C@H](Cc1cc(F)c(F)cc1F)Cn1cc(-c2ccccc2)nn1. The highest BCUT2D eigenvalue weighted by Gasteiger charge is 2.14. The first-order chi connectivity index (χ1) is 11.5. The predicted octanol–water partition coefficient (Wildman–Crippen LogP) is 2.93. The lowest BCUT2D eigenvalue weighted by Crippen LogP contribution is -2.29. The summed E-state index contributed by atoms with van der Waals surface area (Å²) in [5.74, 6) is -3.12. The van der Waals surface area contributed by atoms with E-state index in [0.29, 0.717) is 11.8 Å². The molecule has 3 aromatic rings. The maximum Gasteiger partial charge on any atom is 0.161 e. The van der Waals surface area contributed by atoms with Crippen molar-refractivity contribution in [3.63, 3.8) is 0 Å². The Bertz CT molecular complexity index is 833. The Balaban J connectivity index is 1.69. The molecule has 0 bridgehead atoms. The number of nitrogens with two attached hydrogens (primary N) is 1. The highest BCUT2D eigenvalue weighted by molar-refractivity contribution is 5.57. The molecule has 7 heteroatoms. The summed E-state index contributed by atoms with van der Waals surface area (Å²) in [4.78, 5) is 0. The molecule has 1 atom stereocenters. The third-order valence-corrected chi connectivity index (χ3v) is 3.60. The van der Waals surface area contributed by atoms with Crippen molar-refractivity contribution in [1.29, 1.82) is 0 Å². The van der Waals surface area contributed by atoms with E-state index in [1.54, 1.807) is 10.9 Å². The molecule has 0 fully saturated rings. The quantitative estimate of drug-likeness (QED) is 0.731. The molecular weight excluding hydrogens is 317 g/mol. The van der Waals surface area contributed by atoms with Crippen LogP contribution in [0.2, 0.25) is 0 Å². The Morgan fingerprint density at radius 1 is 1.00 bits per heavy atom. The molecule has 4 nitrogen and oxygen atoms in total. The molecule has 124 valence electrons. The average molecular weight is 332 g/mol. The Morgan fingerprint density at radius 2 is 1.71 bits per heavy atom. The topological polar surface area (TPSA) is 56.7 Å². The molecule has 0 spiro atoms. The zero-order valence-corrected chi connectivity index (χ0v) is 12.7. The second kappa shape index (κ2) is 6.84. The van der Waals surface area contributed by atoms with Gasteiger partial charge in [0.2, 0.25) is 0 Å². The maximum atomic E-state index is 13.7. The molecule has 1 heterocycles. The van der Waals surface area contributed by atoms with Gasteiger partial charge >= 0.3 is 0 Å². The van der Waals surface area contributed by atoms with Crippen LogP contribution in [0, 0.1) is 17.5 Å². The lowest BCUT2D eigenvalue weighted by Gasteiger charge is -2.12. The fraction of sp³-hybridized carbons (Fsp3) is 0.176. The molecule has 0 saturated carbocycles. The van der Waals surface area contributed by atoms with Crippen molar-refractivity contribution in [3.05, 3.63) is 71.7 Å². The Kier molecular flexibility index (Phi) is 4.61. The molecule has 0 aliphatic rings.